The first-order chi connectivity index (χ1) is 16.1. The van der Waals surface area contributed by atoms with Crippen molar-refractivity contribution < 1.29 is 14.3 Å². The van der Waals surface area contributed by atoms with Crippen molar-refractivity contribution in [3.8, 4) is 11.5 Å². The Hall–Kier alpha value is -3.74. The smallest absolute Gasteiger partial charge is 0.270 e. The Morgan fingerprint density at radius 3 is 2.91 bits per heavy atom. The van der Waals surface area contributed by atoms with Crippen molar-refractivity contribution in [3.05, 3.63) is 77.2 Å². The Labute approximate surface area is 192 Å². The van der Waals surface area contributed by atoms with Crippen LogP contribution in [0.5, 0.6) is 11.5 Å². The van der Waals surface area contributed by atoms with Gasteiger partial charge in [0.15, 0.2) is 0 Å². The molecular weight excluding hydrogens is 416 g/mol. The van der Waals surface area contributed by atoms with E-state index in [4.69, 9.17) is 9.47 Å². The summed E-state index contributed by atoms with van der Waals surface area (Å²) in [7, 11) is 1.64. The fourth-order valence-electron chi connectivity index (χ4n) is 4.40. The lowest BCUT2D eigenvalue weighted by molar-refractivity contribution is 0.0786. The monoisotopic (exact) mass is 444 g/mol. The summed E-state index contributed by atoms with van der Waals surface area (Å²) in [6, 6.07) is 17.8. The first kappa shape index (κ1) is 21.1. The second-order valence-corrected chi connectivity index (χ2v) is 8.61. The fourth-order valence-corrected chi connectivity index (χ4v) is 4.40. The van der Waals surface area contributed by atoms with Crippen LogP contribution in [0.1, 0.15) is 39.8 Å². The number of carbonyl (C=O) groups is 1. The predicted molar refractivity (Wildman–Crippen MR) is 127 cm³/mol. The number of benzene rings is 2. The first-order valence-electron chi connectivity index (χ1n) is 11.3. The minimum atomic E-state index is 0.0498. The third-order valence-corrected chi connectivity index (χ3v) is 6.23. The third kappa shape index (κ3) is 4.58. The zero-order valence-electron chi connectivity index (χ0n) is 18.9. The Kier molecular flexibility index (Phi) is 5.77. The van der Waals surface area contributed by atoms with Gasteiger partial charge in [0.25, 0.3) is 5.91 Å². The molecule has 1 saturated heterocycles. The van der Waals surface area contributed by atoms with Crippen LogP contribution in [0.25, 0.3) is 10.9 Å². The van der Waals surface area contributed by atoms with Crippen LogP contribution in [0.15, 0.2) is 54.6 Å². The molecule has 0 spiro atoms. The lowest BCUT2D eigenvalue weighted by atomic mass is 10.0. The molecule has 2 N–H and O–H groups in total. The topological polar surface area (TPSA) is 83.2 Å². The number of H-pyrrole nitrogens is 2. The SMILES string of the molecule is COc1cccc(OCCc2cc([C@H]3CCN(C(=O)c4cc5ccc(C)cc5[nH]4)C3)n[nH]2)c1. The number of nitrogens with zero attached hydrogens (tertiary/aromatic N) is 2. The number of likely N-dealkylation sites (tertiary alicyclic amines) is 1. The number of hydrogen-bond donors (Lipinski definition) is 2. The van der Waals surface area contributed by atoms with Crippen molar-refractivity contribution in [2.45, 2.75) is 25.7 Å². The highest BCUT2D eigenvalue weighted by Crippen LogP contribution is 2.28. The van der Waals surface area contributed by atoms with Crippen LogP contribution >= 0.6 is 0 Å². The molecule has 1 fully saturated rings. The van der Waals surface area contributed by atoms with Crippen molar-refractivity contribution in [3.63, 3.8) is 0 Å². The highest BCUT2D eigenvalue weighted by molar-refractivity contribution is 5.98. The molecule has 1 atom stereocenters. The van der Waals surface area contributed by atoms with Gasteiger partial charge in [-0.15, -0.1) is 0 Å². The highest BCUT2D eigenvalue weighted by Gasteiger charge is 2.30. The van der Waals surface area contributed by atoms with E-state index in [0.717, 1.165) is 53.2 Å². The number of aryl methyl sites for hydroxylation is 1. The number of ether oxygens (including phenoxy) is 2. The Morgan fingerprint density at radius 2 is 2.03 bits per heavy atom. The number of hydrogen-bond acceptors (Lipinski definition) is 4. The molecule has 2 aromatic carbocycles. The van der Waals surface area contributed by atoms with Gasteiger partial charge in [-0.25, -0.2) is 0 Å². The zero-order valence-corrected chi connectivity index (χ0v) is 18.9. The average molecular weight is 445 g/mol. The van der Waals surface area contributed by atoms with Crippen molar-refractivity contribution in [2.75, 3.05) is 26.8 Å². The fraction of sp³-hybridized carbons (Fsp3) is 0.308. The Balaban J connectivity index is 1.17. The largest absolute Gasteiger partial charge is 0.497 e. The van der Waals surface area contributed by atoms with Gasteiger partial charge >= 0.3 is 0 Å². The molecule has 33 heavy (non-hydrogen) atoms. The molecule has 0 radical (unpaired) electrons. The predicted octanol–water partition coefficient (Wildman–Crippen LogP) is 4.46. The van der Waals surface area contributed by atoms with E-state index in [0.29, 0.717) is 18.8 Å². The molecule has 1 amide bonds. The molecular formula is C26H28N4O3. The van der Waals surface area contributed by atoms with E-state index in [1.165, 1.54) is 5.56 Å². The van der Waals surface area contributed by atoms with E-state index in [-0.39, 0.29) is 11.8 Å². The van der Waals surface area contributed by atoms with Gasteiger partial charge < -0.3 is 19.4 Å². The maximum atomic E-state index is 13.0. The van der Waals surface area contributed by atoms with Crippen LogP contribution in [0, 0.1) is 6.92 Å². The standard InChI is InChI=1S/C26H28N4O3/c1-17-6-7-18-13-25(27-23(18)12-17)26(31)30-10-8-19(16-30)24-14-20(28-29-24)9-11-33-22-5-3-4-21(15-22)32-2/h3-7,12-15,19,27H,8-11,16H2,1-2H3,(H,28,29)/t19-/m0/s1. The van der Waals surface area contributed by atoms with Crippen molar-refractivity contribution in [1.82, 2.24) is 20.1 Å². The van der Waals surface area contributed by atoms with Gasteiger partial charge in [-0.1, -0.05) is 18.2 Å². The van der Waals surface area contributed by atoms with Gasteiger partial charge in [-0.05, 0) is 49.2 Å². The quantitative estimate of drug-likeness (QED) is 0.441. The van der Waals surface area contributed by atoms with E-state index in [1.54, 1.807) is 7.11 Å². The molecule has 0 saturated carbocycles. The van der Waals surface area contributed by atoms with E-state index in [9.17, 15) is 4.79 Å². The van der Waals surface area contributed by atoms with Crippen LogP contribution in [-0.4, -0.2) is 52.8 Å². The van der Waals surface area contributed by atoms with Gasteiger partial charge in [-0.2, -0.15) is 5.10 Å². The summed E-state index contributed by atoms with van der Waals surface area (Å²) in [5, 5.41) is 8.70. The van der Waals surface area contributed by atoms with Gasteiger partial charge in [0.2, 0.25) is 0 Å². The number of rotatable bonds is 7. The van der Waals surface area contributed by atoms with E-state index in [1.807, 2.05) is 41.3 Å². The lowest BCUT2D eigenvalue weighted by Crippen LogP contribution is -2.28. The summed E-state index contributed by atoms with van der Waals surface area (Å²) < 4.78 is 11.1. The molecule has 5 rings (SSSR count). The molecule has 0 aliphatic carbocycles. The van der Waals surface area contributed by atoms with Crippen molar-refractivity contribution in [2.24, 2.45) is 0 Å². The third-order valence-electron chi connectivity index (χ3n) is 6.23. The van der Waals surface area contributed by atoms with Crippen LogP contribution in [0.4, 0.5) is 0 Å². The second kappa shape index (κ2) is 9.02. The van der Waals surface area contributed by atoms with E-state index < -0.39 is 0 Å². The minimum absolute atomic E-state index is 0.0498. The molecule has 170 valence electrons. The molecule has 1 aliphatic heterocycles. The van der Waals surface area contributed by atoms with Crippen molar-refractivity contribution >= 4 is 16.8 Å². The molecule has 0 bridgehead atoms. The highest BCUT2D eigenvalue weighted by atomic mass is 16.5. The number of amides is 1. The molecule has 1 aliphatic rings. The second-order valence-electron chi connectivity index (χ2n) is 8.61. The summed E-state index contributed by atoms with van der Waals surface area (Å²) in [5.74, 6) is 1.85. The summed E-state index contributed by atoms with van der Waals surface area (Å²) >= 11 is 0. The minimum Gasteiger partial charge on any atom is -0.497 e. The average Bonchev–Trinajstić information content (AvgIpc) is 3.57. The Bertz CT molecular complexity index is 1280. The number of methoxy groups -OCH3 is 1. The summed E-state index contributed by atoms with van der Waals surface area (Å²) in [5.41, 5.74) is 4.86. The zero-order chi connectivity index (χ0) is 22.8. The van der Waals surface area contributed by atoms with Crippen LogP contribution in [0.3, 0.4) is 0 Å². The van der Waals surface area contributed by atoms with Crippen LogP contribution in [0.2, 0.25) is 0 Å². The van der Waals surface area contributed by atoms with Gasteiger partial charge in [0, 0.05) is 48.1 Å². The normalized spacial score (nSPS) is 15.8. The summed E-state index contributed by atoms with van der Waals surface area (Å²) in [6.45, 7) is 4.01. The van der Waals surface area contributed by atoms with Crippen LogP contribution < -0.4 is 9.47 Å². The number of carbonyl (C=O) groups excluding carboxylic acids is 1. The van der Waals surface area contributed by atoms with Gasteiger partial charge in [-0.3, -0.25) is 9.89 Å². The molecule has 7 heteroatoms. The number of aromatic amines is 2. The van der Waals surface area contributed by atoms with Gasteiger partial charge in [0.1, 0.15) is 17.2 Å². The molecule has 3 heterocycles. The lowest BCUT2D eigenvalue weighted by Gasteiger charge is -2.15. The van der Waals surface area contributed by atoms with E-state index >= 15 is 0 Å². The van der Waals surface area contributed by atoms with E-state index in [2.05, 4.69) is 40.3 Å². The summed E-state index contributed by atoms with van der Waals surface area (Å²) in [4.78, 5) is 18.2. The Morgan fingerprint density at radius 1 is 1.15 bits per heavy atom. The maximum Gasteiger partial charge on any atom is 0.270 e. The molecule has 4 aromatic rings. The number of aromatic nitrogens is 3. The number of fused-ring (bicyclic) bond motifs is 1. The van der Waals surface area contributed by atoms with Crippen molar-refractivity contribution in [1.29, 1.82) is 0 Å². The molecule has 7 nitrogen and oxygen atoms in total. The number of nitrogens with one attached hydrogen (secondary N) is 2. The van der Waals surface area contributed by atoms with Gasteiger partial charge in [0.05, 0.1) is 19.4 Å². The molecule has 0 unspecified atom stereocenters. The molecule has 2 aromatic heterocycles. The van der Waals surface area contributed by atoms with Crippen LogP contribution in [-0.2, 0) is 6.42 Å². The maximum absolute atomic E-state index is 13.0. The summed E-state index contributed by atoms with van der Waals surface area (Å²) in [6.07, 6.45) is 1.64. The first-order valence-corrected chi connectivity index (χ1v) is 11.3.